The minimum Gasteiger partial charge on any atom is -0.484 e. The fraction of sp³-hybridized carbons (Fsp3) is 0.0667. The molecule has 0 aliphatic heterocycles. The Morgan fingerprint density at radius 3 is 2.96 bits per heavy atom. The molecular weight excluding hydrogens is 300 g/mol. The van der Waals surface area contributed by atoms with Gasteiger partial charge < -0.3 is 10.1 Å². The Balaban J connectivity index is 1.65. The lowest BCUT2D eigenvalue weighted by Crippen LogP contribution is -2.20. The van der Waals surface area contributed by atoms with Gasteiger partial charge in [0.05, 0.1) is 28.4 Å². The van der Waals surface area contributed by atoms with Crippen molar-refractivity contribution in [1.82, 2.24) is 10.2 Å². The van der Waals surface area contributed by atoms with Crippen LogP contribution in [-0.4, -0.2) is 27.6 Å². The molecule has 23 heavy (non-hydrogen) atoms. The summed E-state index contributed by atoms with van der Waals surface area (Å²) in [6, 6.07) is 11.1. The number of aromatic nitrogens is 2. The number of carbonyl (C=O) groups excluding carboxylic acids is 1. The molecule has 2 aromatic carbocycles. The lowest BCUT2D eigenvalue weighted by Gasteiger charge is -2.08. The summed E-state index contributed by atoms with van der Waals surface area (Å²) in [5.74, 6) is -0.118. The Labute approximate surface area is 130 Å². The van der Waals surface area contributed by atoms with Crippen LogP contribution in [0, 0.1) is 10.1 Å². The van der Waals surface area contributed by atoms with Gasteiger partial charge in [-0.2, -0.15) is 5.10 Å². The first kappa shape index (κ1) is 14.5. The molecule has 0 spiro atoms. The highest BCUT2D eigenvalue weighted by atomic mass is 16.6. The van der Waals surface area contributed by atoms with Gasteiger partial charge in [0.1, 0.15) is 5.75 Å². The topological polar surface area (TPSA) is 110 Å². The Kier molecular flexibility index (Phi) is 3.88. The van der Waals surface area contributed by atoms with E-state index in [2.05, 4.69) is 15.5 Å². The van der Waals surface area contributed by atoms with Crippen molar-refractivity contribution in [2.75, 3.05) is 11.9 Å². The summed E-state index contributed by atoms with van der Waals surface area (Å²) >= 11 is 0. The van der Waals surface area contributed by atoms with E-state index in [1.807, 2.05) is 6.07 Å². The number of anilines is 1. The molecule has 0 aliphatic carbocycles. The summed E-state index contributed by atoms with van der Waals surface area (Å²) in [5.41, 5.74) is 1.22. The second kappa shape index (κ2) is 6.14. The van der Waals surface area contributed by atoms with Crippen LogP contribution in [0.5, 0.6) is 5.75 Å². The molecule has 0 saturated carbocycles. The molecule has 0 aliphatic rings. The highest BCUT2D eigenvalue weighted by Crippen LogP contribution is 2.21. The first-order valence-corrected chi connectivity index (χ1v) is 6.73. The Morgan fingerprint density at radius 2 is 2.13 bits per heavy atom. The number of hydrogen-bond donors (Lipinski definition) is 2. The highest BCUT2D eigenvalue weighted by molar-refractivity contribution is 6.00. The molecule has 3 aromatic rings. The standard InChI is InChI=1S/C15H12N4O4/c20-14(9-23-12-5-2-4-11(7-12)19(21)22)17-13-6-1-3-10-8-16-18-15(10)13/h1-8H,9H2,(H,16,18)(H,17,20). The summed E-state index contributed by atoms with van der Waals surface area (Å²) in [6.07, 6.45) is 1.66. The molecule has 116 valence electrons. The largest absolute Gasteiger partial charge is 0.484 e. The average Bonchev–Trinajstić information content (AvgIpc) is 3.03. The van der Waals surface area contributed by atoms with E-state index in [0.29, 0.717) is 5.69 Å². The Bertz CT molecular complexity index is 875. The van der Waals surface area contributed by atoms with Crippen molar-refractivity contribution >= 4 is 28.2 Å². The zero-order chi connectivity index (χ0) is 16.2. The lowest BCUT2D eigenvalue weighted by atomic mass is 10.2. The molecule has 8 nitrogen and oxygen atoms in total. The van der Waals surface area contributed by atoms with Crippen molar-refractivity contribution in [1.29, 1.82) is 0 Å². The fourth-order valence-electron chi connectivity index (χ4n) is 2.10. The second-order valence-electron chi connectivity index (χ2n) is 4.73. The third kappa shape index (κ3) is 3.26. The van der Waals surface area contributed by atoms with Crippen molar-refractivity contribution in [2.45, 2.75) is 0 Å². The molecule has 0 unspecified atom stereocenters. The summed E-state index contributed by atoms with van der Waals surface area (Å²) in [5, 5.41) is 21.0. The molecule has 8 heteroatoms. The third-order valence-corrected chi connectivity index (χ3v) is 3.15. The number of benzene rings is 2. The number of hydrogen-bond acceptors (Lipinski definition) is 5. The average molecular weight is 312 g/mol. The lowest BCUT2D eigenvalue weighted by molar-refractivity contribution is -0.384. The number of ether oxygens (including phenoxy) is 1. The molecule has 1 amide bonds. The number of carbonyl (C=O) groups is 1. The van der Waals surface area contributed by atoms with Gasteiger partial charge in [0.2, 0.25) is 0 Å². The number of nitro benzene ring substituents is 1. The quantitative estimate of drug-likeness (QED) is 0.555. The summed E-state index contributed by atoms with van der Waals surface area (Å²) < 4.78 is 5.28. The van der Waals surface area contributed by atoms with E-state index in [1.165, 1.54) is 18.2 Å². The number of fused-ring (bicyclic) bond motifs is 1. The normalized spacial score (nSPS) is 10.4. The van der Waals surface area contributed by atoms with E-state index in [4.69, 9.17) is 4.74 Å². The molecule has 3 rings (SSSR count). The van der Waals surface area contributed by atoms with Crippen LogP contribution in [0.3, 0.4) is 0 Å². The van der Waals surface area contributed by atoms with Gasteiger partial charge in [-0.15, -0.1) is 0 Å². The maximum atomic E-state index is 12.0. The van der Waals surface area contributed by atoms with E-state index < -0.39 is 4.92 Å². The number of rotatable bonds is 5. The van der Waals surface area contributed by atoms with Crippen LogP contribution < -0.4 is 10.1 Å². The molecule has 0 saturated heterocycles. The highest BCUT2D eigenvalue weighted by Gasteiger charge is 2.10. The number of nitrogens with zero attached hydrogens (tertiary/aromatic N) is 2. The molecular formula is C15H12N4O4. The van der Waals surface area contributed by atoms with Crippen molar-refractivity contribution < 1.29 is 14.5 Å². The molecule has 2 N–H and O–H groups in total. The number of non-ortho nitro benzene ring substituents is 1. The van der Waals surface area contributed by atoms with Gasteiger partial charge in [0.25, 0.3) is 11.6 Å². The van der Waals surface area contributed by atoms with Crippen LogP contribution in [0.4, 0.5) is 11.4 Å². The van der Waals surface area contributed by atoms with Crippen molar-refractivity contribution in [3.05, 3.63) is 58.8 Å². The second-order valence-corrected chi connectivity index (χ2v) is 4.73. The third-order valence-electron chi connectivity index (χ3n) is 3.15. The van der Waals surface area contributed by atoms with Crippen LogP contribution in [0.2, 0.25) is 0 Å². The molecule has 1 aromatic heterocycles. The minimum absolute atomic E-state index is 0.0925. The zero-order valence-electron chi connectivity index (χ0n) is 11.9. The van der Waals surface area contributed by atoms with E-state index in [0.717, 1.165) is 10.9 Å². The molecule has 0 bridgehead atoms. The number of nitro groups is 1. The van der Waals surface area contributed by atoms with Gasteiger partial charge in [0.15, 0.2) is 6.61 Å². The smallest absolute Gasteiger partial charge is 0.273 e. The predicted octanol–water partition coefficient (Wildman–Crippen LogP) is 2.49. The van der Waals surface area contributed by atoms with Crippen LogP contribution >= 0.6 is 0 Å². The first-order valence-electron chi connectivity index (χ1n) is 6.73. The Hall–Kier alpha value is -3.42. The van der Waals surface area contributed by atoms with E-state index in [-0.39, 0.29) is 24.0 Å². The number of aromatic amines is 1. The van der Waals surface area contributed by atoms with Crippen LogP contribution in [-0.2, 0) is 4.79 Å². The van der Waals surface area contributed by atoms with Crippen molar-refractivity contribution in [2.24, 2.45) is 0 Å². The van der Waals surface area contributed by atoms with E-state index in [1.54, 1.807) is 24.4 Å². The van der Waals surface area contributed by atoms with Gasteiger partial charge in [-0.25, -0.2) is 0 Å². The van der Waals surface area contributed by atoms with Gasteiger partial charge in [-0.3, -0.25) is 20.0 Å². The molecule has 0 radical (unpaired) electrons. The SMILES string of the molecule is O=C(COc1cccc([N+](=O)[O-])c1)Nc1cccc2cn[nH]c12. The van der Waals surface area contributed by atoms with Gasteiger partial charge >= 0.3 is 0 Å². The van der Waals surface area contributed by atoms with E-state index in [9.17, 15) is 14.9 Å². The summed E-state index contributed by atoms with van der Waals surface area (Å²) in [4.78, 5) is 22.1. The molecule has 0 fully saturated rings. The summed E-state index contributed by atoms with van der Waals surface area (Å²) in [6.45, 7) is -0.258. The van der Waals surface area contributed by atoms with Crippen molar-refractivity contribution in [3.8, 4) is 5.75 Å². The van der Waals surface area contributed by atoms with Crippen molar-refractivity contribution in [3.63, 3.8) is 0 Å². The molecule has 0 atom stereocenters. The van der Waals surface area contributed by atoms with E-state index >= 15 is 0 Å². The van der Waals surface area contributed by atoms with Crippen LogP contribution in [0.1, 0.15) is 0 Å². The maximum Gasteiger partial charge on any atom is 0.273 e. The van der Waals surface area contributed by atoms with Gasteiger partial charge in [0, 0.05) is 11.5 Å². The first-order chi connectivity index (χ1) is 11.1. The Morgan fingerprint density at radius 1 is 1.30 bits per heavy atom. The van der Waals surface area contributed by atoms with Gasteiger partial charge in [-0.1, -0.05) is 18.2 Å². The molecule has 1 heterocycles. The number of amides is 1. The zero-order valence-corrected chi connectivity index (χ0v) is 11.9. The van der Waals surface area contributed by atoms with Gasteiger partial charge in [-0.05, 0) is 12.1 Å². The maximum absolute atomic E-state index is 12.0. The minimum atomic E-state index is -0.522. The number of nitrogens with one attached hydrogen (secondary N) is 2. The van der Waals surface area contributed by atoms with Crippen LogP contribution in [0.15, 0.2) is 48.7 Å². The van der Waals surface area contributed by atoms with Crippen LogP contribution in [0.25, 0.3) is 10.9 Å². The number of H-pyrrole nitrogens is 1. The monoisotopic (exact) mass is 312 g/mol. The predicted molar refractivity (Wildman–Crippen MR) is 83.3 cm³/mol. The number of para-hydroxylation sites is 1. The summed E-state index contributed by atoms with van der Waals surface area (Å²) in [7, 11) is 0. The fourth-order valence-corrected chi connectivity index (χ4v) is 2.10.